The van der Waals surface area contributed by atoms with Crippen molar-refractivity contribution in [3.8, 4) is 0 Å². The molecule has 0 spiro atoms. The van der Waals surface area contributed by atoms with Crippen molar-refractivity contribution in [3.05, 3.63) is 40.7 Å². The molecule has 0 heterocycles. The van der Waals surface area contributed by atoms with E-state index in [4.69, 9.17) is 23.2 Å². The second-order valence-electron chi connectivity index (χ2n) is 2.57. The molecule has 0 aliphatic rings. The zero-order chi connectivity index (χ0) is 8.43. The van der Waals surface area contributed by atoms with Crippen LogP contribution in [0.2, 0.25) is 10.0 Å². The van der Waals surface area contributed by atoms with E-state index in [0.29, 0.717) is 10.0 Å². The normalized spacial score (nSPS) is 10.6. The van der Waals surface area contributed by atoms with E-state index in [0.717, 1.165) is 5.56 Å². The monoisotopic (exact) mass is 187 g/mol. The van der Waals surface area contributed by atoms with Crippen molar-refractivity contribution in [2.24, 2.45) is 0 Å². The highest BCUT2D eigenvalue weighted by Crippen LogP contribution is 2.25. The quantitative estimate of drug-likeness (QED) is 0.626. The fourth-order valence-electron chi connectivity index (χ4n) is 0.819. The van der Waals surface area contributed by atoms with E-state index in [1.807, 2.05) is 19.1 Å². The first-order valence-corrected chi connectivity index (χ1v) is 4.15. The summed E-state index contributed by atoms with van der Waals surface area (Å²) < 4.78 is 0. The minimum Gasteiger partial charge on any atom is -0.0827 e. The van der Waals surface area contributed by atoms with Gasteiger partial charge >= 0.3 is 0 Å². The van der Waals surface area contributed by atoms with E-state index >= 15 is 0 Å². The molecule has 11 heavy (non-hydrogen) atoms. The Bertz CT molecular complexity index is 254. The third-order valence-electron chi connectivity index (χ3n) is 1.51. The second kappa shape index (κ2) is 3.46. The summed E-state index contributed by atoms with van der Waals surface area (Å²) in [7, 11) is 0. The topological polar surface area (TPSA) is 0 Å². The van der Waals surface area contributed by atoms with Crippen LogP contribution in [0.25, 0.3) is 0 Å². The van der Waals surface area contributed by atoms with Crippen LogP contribution in [0.3, 0.4) is 0 Å². The highest BCUT2D eigenvalue weighted by Gasteiger charge is 2.01. The third-order valence-corrected chi connectivity index (χ3v) is 2.25. The van der Waals surface area contributed by atoms with Crippen molar-refractivity contribution in [1.29, 1.82) is 0 Å². The highest BCUT2D eigenvalue weighted by molar-refractivity contribution is 6.42. The Labute approximate surface area is 77.1 Å². The molecule has 1 aromatic carbocycles. The number of hydrogen-bond donors (Lipinski definition) is 0. The van der Waals surface area contributed by atoms with Gasteiger partial charge in [0.25, 0.3) is 0 Å². The van der Waals surface area contributed by atoms with Gasteiger partial charge in [0.15, 0.2) is 0 Å². The molecule has 1 radical (unpaired) electrons. The standard InChI is InChI=1S/C9H9Cl2/c1-6(2)7-3-4-8(10)9(11)5-7/h3-6H,1H2,2H3. The van der Waals surface area contributed by atoms with Crippen LogP contribution in [0.1, 0.15) is 18.4 Å². The van der Waals surface area contributed by atoms with Crippen LogP contribution in [-0.2, 0) is 0 Å². The van der Waals surface area contributed by atoms with Crippen LogP contribution < -0.4 is 0 Å². The first kappa shape index (κ1) is 8.89. The van der Waals surface area contributed by atoms with Gasteiger partial charge in [0.2, 0.25) is 0 Å². The van der Waals surface area contributed by atoms with Crippen LogP contribution in [0.15, 0.2) is 18.2 Å². The second-order valence-corrected chi connectivity index (χ2v) is 3.39. The fourth-order valence-corrected chi connectivity index (χ4v) is 1.13. The van der Waals surface area contributed by atoms with Crippen LogP contribution >= 0.6 is 23.2 Å². The van der Waals surface area contributed by atoms with Crippen LogP contribution in [-0.4, -0.2) is 0 Å². The Morgan fingerprint density at radius 1 is 1.27 bits per heavy atom. The lowest BCUT2D eigenvalue weighted by molar-refractivity contribution is 0.965. The maximum Gasteiger partial charge on any atom is 0.0595 e. The SMILES string of the molecule is [CH2]C(C)c1ccc(Cl)c(Cl)c1. The molecule has 0 aromatic heterocycles. The fraction of sp³-hybridized carbons (Fsp3) is 0.222. The van der Waals surface area contributed by atoms with Gasteiger partial charge in [-0.05, 0) is 30.5 Å². The Balaban J connectivity index is 3.05. The molecule has 1 unspecified atom stereocenters. The molecule has 0 amide bonds. The van der Waals surface area contributed by atoms with Crippen molar-refractivity contribution in [2.75, 3.05) is 0 Å². The smallest absolute Gasteiger partial charge is 0.0595 e. The summed E-state index contributed by atoms with van der Waals surface area (Å²) in [6.07, 6.45) is 0. The molecule has 0 aliphatic heterocycles. The van der Waals surface area contributed by atoms with Crippen LogP contribution in [0, 0.1) is 6.92 Å². The van der Waals surface area contributed by atoms with Gasteiger partial charge in [-0.15, -0.1) is 0 Å². The molecular formula is C9H9Cl2. The summed E-state index contributed by atoms with van der Waals surface area (Å²) in [5.74, 6) is 0.254. The Kier molecular flexibility index (Phi) is 2.80. The van der Waals surface area contributed by atoms with E-state index in [9.17, 15) is 0 Å². The molecule has 0 N–H and O–H groups in total. The van der Waals surface area contributed by atoms with Gasteiger partial charge in [-0.2, -0.15) is 0 Å². The minimum atomic E-state index is 0.254. The molecule has 0 aliphatic carbocycles. The Morgan fingerprint density at radius 3 is 2.36 bits per heavy atom. The lowest BCUT2D eigenvalue weighted by Gasteiger charge is -2.05. The van der Waals surface area contributed by atoms with Crippen LogP contribution in [0.4, 0.5) is 0 Å². The average Bonchev–Trinajstić information content (AvgIpc) is 1.94. The van der Waals surface area contributed by atoms with E-state index < -0.39 is 0 Å². The Hall–Kier alpha value is -0.200. The zero-order valence-corrected chi connectivity index (χ0v) is 7.78. The lowest BCUT2D eigenvalue weighted by Crippen LogP contribution is -1.86. The van der Waals surface area contributed by atoms with Gasteiger partial charge in [0, 0.05) is 0 Å². The van der Waals surface area contributed by atoms with E-state index in [-0.39, 0.29) is 5.92 Å². The molecule has 0 bridgehead atoms. The van der Waals surface area contributed by atoms with Gasteiger partial charge in [-0.25, -0.2) is 0 Å². The number of halogens is 2. The van der Waals surface area contributed by atoms with Gasteiger partial charge < -0.3 is 0 Å². The van der Waals surface area contributed by atoms with Gasteiger partial charge in [0.1, 0.15) is 0 Å². The molecule has 2 heteroatoms. The summed E-state index contributed by atoms with van der Waals surface area (Å²) >= 11 is 11.5. The number of hydrogen-bond acceptors (Lipinski definition) is 0. The molecule has 0 fully saturated rings. The maximum absolute atomic E-state index is 5.80. The molecular weight excluding hydrogens is 179 g/mol. The van der Waals surface area contributed by atoms with Crippen LogP contribution in [0.5, 0.6) is 0 Å². The third kappa shape index (κ3) is 2.11. The lowest BCUT2D eigenvalue weighted by atomic mass is 10.0. The van der Waals surface area contributed by atoms with E-state index in [2.05, 4.69) is 6.92 Å². The first-order valence-electron chi connectivity index (χ1n) is 3.39. The summed E-state index contributed by atoms with van der Waals surface area (Å²) in [4.78, 5) is 0. The van der Waals surface area contributed by atoms with E-state index in [1.54, 1.807) is 6.07 Å². The largest absolute Gasteiger partial charge is 0.0827 e. The highest BCUT2D eigenvalue weighted by atomic mass is 35.5. The molecule has 0 saturated carbocycles. The molecule has 1 rings (SSSR count). The minimum absolute atomic E-state index is 0.254. The Morgan fingerprint density at radius 2 is 1.91 bits per heavy atom. The predicted octanol–water partition coefficient (Wildman–Crippen LogP) is 3.93. The first-order chi connectivity index (χ1) is 5.11. The van der Waals surface area contributed by atoms with Gasteiger partial charge in [-0.3, -0.25) is 0 Å². The molecule has 1 aromatic rings. The van der Waals surface area contributed by atoms with E-state index in [1.165, 1.54) is 0 Å². The van der Waals surface area contributed by atoms with Crippen molar-refractivity contribution >= 4 is 23.2 Å². The molecule has 59 valence electrons. The van der Waals surface area contributed by atoms with Crippen molar-refractivity contribution in [2.45, 2.75) is 12.8 Å². The van der Waals surface area contributed by atoms with Crippen molar-refractivity contribution in [1.82, 2.24) is 0 Å². The molecule has 0 saturated heterocycles. The summed E-state index contributed by atoms with van der Waals surface area (Å²) in [6, 6.07) is 5.58. The molecule has 1 atom stereocenters. The summed E-state index contributed by atoms with van der Waals surface area (Å²) in [6.45, 7) is 5.89. The number of rotatable bonds is 1. The molecule has 0 nitrogen and oxygen atoms in total. The average molecular weight is 188 g/mol. The predicted molar refractivity (Wildman–Crippen MR) is 50.2 cm³/mol. The maximum atomic E-state index is 5.80. The van der Waals surface area contributed by atoms with Gasteiger partial charge in [-0.1, -0.05) is 36.2 Å². The summed E-state index contributed by atoms with van der Waals surface area (Å²) in [5, 5.41) is 1.19. The van der Waals surface area contributed by atoms with Crippen molar-refractivity contribution in [3.63, 3.8) is 0 Å². The zero-order valence-electron chi connectivity index (χ0n) is 6.27. The number of benzene rings is 1. The van der Waals surface area contributed by atoms with Gasteiger partial charge in [0.05, 0.1) is 10.0 Å². The van der Waals surface area contributed by atoms with Crippen molar-refractivity contribution < 1.29 is 0 Å². The summed E-state index contributed by atoms with van der Waals surface area (Å²) in [5.41, 5.74) is 1.11.